The lowest BCUT2D eigenvalue weighted by Crippen LogP contribution is -2.59. The molecule has 1 aliphatic heterocycles. The van der Waals surface area contributed by atoms with Crippen molar-refractivity contribution in [1.82, 2.24) is 14.5 Å². The summed E-state index contributed by atoms with van der Waals surface area (Å²) in [5.41, 5.74) is 8.65. The number of nitrogens with zero attached hydrogens (tertiary/aromatic N) is 5. The van der Waals surface area contributed by atoms with E-state index in [9.17, 15) is 18.4 Å². The van der Waals surface area contributed by atoms with Crippen molar-refractivity contribution in [2.24, 2.45) is 12.8 Å². The van der Waals surface area contributed by atoms with Crippen LogP contribution in [-0.2, 0) is 11.8 Å². The lowest BCUT2D eigenvalue weighted by molar-refractivity contribution is -0.124. The number of anilines is 1. The van der Waals surface area contributed by atoms with Crippen LogP contribution in [0.5, 0.6) is 0 Å². The first-order valence-electron chi connectivity index (χ1n) is 12.0. The maximum atomic E-state index is 13.7. The Morgan fingerprint density at radius 2 is 1.63 bits per heavy atom. The van der Waals surface area contributed by atoms with Gasteiger partial charge in [0.15, 0.2) is 0 Å². The number of aromatic nitrogens is 2. The molecule has 3 heterocycles. The van der Waals surface area contributed by atoms with Gasteiger partial charge in [0.1, 0.15) is 17.7 Å². The Bertz CT molecular complexity index is 1570. The van der Waals surface area contributed by atoms with Gasteiger partial charge in [-0.1, -0.05) is 30.8 Å². The summed E-state index contributed by atoms with van der Waals surface area (Å²) in [5.74, 6) is -1.18. The lowest BCUT2D eigenvalue weighted by atomic mass is 9.94. The molecule has 0 saturated carbocycles. The molecule has 1 atom stereocenters. The molecular formula is C28H24F2N6O2. The quantitative estimate of drug-likeness (QED) is 0.412. The Labute approximate surface area is 217 Å². The molecule has 38 heavy (non-hydrogen) atoms. The summed E-state index contributed by atoms with van der Waals surface area (Å²) in [7, 11) is 1.63. The molecule has 1 aliphatic rings. The van der Waals surface area contributed by atoms with Gasteiger partial charge in [-0.2, -0.15) is 0 Å². The summed E-state index contributed by atoms with van der Waals surface area (Å²) < 4.78 is 28.9. The molecule has 0 bridgehead atoms. The van der Waals surface area contributed by atoms with Crippen molar-refractivity contribution in [3.05, 3.63) is 111 Å². The van der Waals surface area contributed by atoms with Crippen LogP contribution in [0.3, 0.4) is 0 Å². The Morgan fingerprint density at radius 3 is 2.18 bits per heavy atom. The van der Waals surface area contributed by atoms with Crippen molar-refractivity contribution in [3.63, 3.8) is 0 Å². The largest absolute Gasteiger partial charge is 0.368 e. The number of halogens is 2. The predicted molar refractivity (Wildman–Crippen MR) is 140 cm³/mol. The highest BCUT2D eigenvalue weighted by atomic mass is 19.1. The number of pyridine rings is 2. The minimum atomic E-state index is -0.799. The molecule has 1 saturated heterocycles. The molecule has 8 nitrogen and oxygen atoms in total. The summed E-state index contributed by atoms with van der Waals surface area (Å²) in [4.78, 5) is 37.2. The monoisotopic (exact) mass is 514 g/mol. The molecule has 192 valence electrons. The summed E-state index contributed by atoms with van der Waals surface area (Å²) in [6.07, 6.45) is 0. The lowest BCUT2D eigenvalue weighted by Gasteiger charge is -2.44. The van der Waals surface area contributed by atoms with E-state index < -0.39 is 29.6 Å². The van der Waals surface area contributed by atoms with Gasteiger partial charge in [0.25, 0.3) is 11.4 Å². The van der Waals surface area contributed by atoms with E-state index >= 15 is 0 Å². The Hall–Kier alpha value is -4.62. The highest BCUT2D eigenvalue weighted by molar-refractivity contribution is 5.90. The van der Waals surface area contributed by atoms with Crippen LogP contribution in [0.15, 0.2) is 71.5 Å². The number of fused-ring (bicyclic) bond motifs is 1. The zero-order valence-electron chi connectivity index (χ0n) is 20.5. The maximum absolute atomic E-state index is 13.7. The summed E-state index contributed by atoms with van der Waals surface area (Å²) in [6, 6.07) is 15.3. The van der Waals surface area contributed by atoms with E-state index in [1.807, 2.05) is 9.80 Å². The van der Waals surface area contributed by atoms with Crippen molar-refractivity contribution >= 4 is 28.4 Å². The molecule has 2 aromatic carbocycles. The first-order chi connectivity index (χ1) is 18.3. The van der Waals surface area contributed by atoms with E-state index in [1.165, 1.54) is 34.9 Å². The Balaban J connectivity index is 1.57. The third-order valence-corrected chi connectivity index (χ3v) is 6.96. The first-order valence-corrected chi connectivity index (χ1v) is 12.0. The van der Waals surface area contributed by atoms with Crippen molar-refractivity contribution < 1.29 is 13.6 Å². The van der Waals surface area contributed by atoms with Crippen molar-refractivity contribution in [2.75, 3.05) is 24.5 Å². The molecule has 10 heteroatoms. The number of aryl methyl sites for hydroxylation is 1. The number of amides is 1. The fraction of sp³-hybridized carbons (Fsp3) is 0.214. The van der Waals surface area contributed by atoms with Crippen molar-refractivity contribution in [1.29, 1.82) is 0 Å². The minimum Gasteiger partial charge on any atom is -0.368 e. The van der Waals surface area contributed by atoms with Crippen LogP contribution in [0.2, 0.25) is 0 Å². The van der Waals surface area contributed by atoms with Gasteiger partial charge in [-0.3, -0.25) is 14.5 Å². The molecule has 2 aromatic heterocycles. The normalized spacial score (nSPS) is 16.1. The topological polar surface area (TPSA) is 88.8 Å². The predicted octanol–water partition coefficient (Wildman–Crippen LogP) is 3.53. The molecule has 0 aliphatic carbocycles. The SMILES string of the molecule is [C-]#[N+]c1ccc2c(n1)c(N1CCN(C(c3ccc(F)cc3)c3ccc(F)cc3)C(C(N)=O)C1)cc(=O)n2C. The smallest absolute Gasteiger partial charge is 0.270 e. The van der Waals surface area contributed by atoms with Gasteiger partial charge < -0.3 is 20.0 Å². The van der Waals surface area contributed by atoms with E-state index in [2.05, 4.69) is 9.83 Å². The van der Waals surface area contributed by atoms with Crippen molar-refractivity contribution in [3.8, 4) is 0 Å². The van der Waals surface area contributed by atoms with Crippen LogP contribution in [-0.4, -0.2) is 46.0 Å². The fourth-order valence-electron chi connectivity index (χ4n) is 5.05. The zero-order chi connectivity index (χ0) is 27.0. The van der Waals surface area contributed by atoms with Gasteiger partial charge in [-0.15, -0.1) is 4.98 Å². The van der Waals surface area contributed by atoms with Crippen LogP contribution in [0.25, 0.3) is 15.9 Å². The number of hydrogen-bond donors (Lipinski definition) is 1. The number of nitrogens with two attached hydrogens (primary N) is 1. The van der Waals surface area contributed by atoms with E-state index in [1.54, 1.807) is 43.4 Å². The molecule has 1 unspecified atom stereocenters. The molecular weight excluding hydrogens is 490 g/mol. The second-order valence-electron chi connectivity index (χ2n) is 9.18. The van der Waals surface area contributed by atoms with Crippen LogP contribution >= 0.6 is 0 Å². The number of rotatable bonds is 5. The zero-order valence-corrected chi connectivity index (χ0v) is 20.5. The first kappa shape index (κ1) is 25.0. The molecule has 2 N–H and O–H groups in total. The van der Waals surface area contributed by atoms with E-state index in [-0.39, 0.29) is 17.9 Å². The number of piperazine rings is 1. The summed E-state index contributed by atoms with van der Waals surface area (Å²) in [6.45, 7) is 8.27. The third kappa shape index (κ3) is 4.60. The average Bonchev–Trinajstić information content (AvgIpc) is 2.92. The van der Waals surface area contributed by atoms with Crippen LogP contribution in [0, 0.1) is 18.2 Å². The standard InChI is InChI=1S/C28H24F2N6O2/c1-32-24-12-11-21-26(33-24)22(15-25(37)34(21)2)35-13-14-36(23(16-35)28(31)38)27(17-3-7-19(29)8-4-17)18-5-9-20(30)10-6-18/h3-12,15,23,27H,13-14,16H2,2H3,(H2,31,38). The Morgan fingerprint density at radius 1 is 1.03 bits per heavy atom. The maximum Gasteiger partial charge on any atom is 0.270 e. The number of carbonyl (C=O) groups excluding carboxylic acids is 1. The van der Waals surface area contributed by atoms with Gasteiger partial charge in [0.05, 0.1) is 17.2 Å². The Kier molecular flexibility index (Phi) is 6.61. The number of hydrogen-bond acceptors (Lipinski definition) is 5. The van der Waals surface area contributed by atoms with Crippen LogP contribution in [0.1, 0.15) is 17.2 Å². The number of primary amides is 1. The van der Waals surface area contributed by atoms with Crippen molar-refractivity contribution in [2.45, 2.75) is 12.1 Å². The fourth-order valence-corrected chi connectivity index (χ4v) is 5.05. The molecule has 1 amide bonds. The second kappa shape index (κ2) is 10.0. The second-order valence-corrected chi connectivity index (χ2v) is 9.18. The average molecular weight is 515 g/mol. The van der Waals surface area contributed by atoms with Crippen LogP contribution in [0.4, 0.5) is 20.3 Å². The summed E-state index contributed by atoms with van der Waals surface area (Å²) in [5, 5.41) is 0. The van der Waals surface area contributed by atoms with Gasteiger partial charge in [0, 0.05) is 32.7 Å². The molecule has 0 radical (unpaired) electrons. The van der Waals surface area contributed by atoms with Gasteiger partial charge in [-0.25, -0.2) is 8.78 Å². The van der Waals surface area contributed by atoms with Gasteiger partial charge in [0.2, 0.25) is 11.4 Å². The van der Waals surface area contributed by atoms with Crippen LogP contribution < -0.4 is 16.2 Å². The minimum absolute atomic E-state index is 0.153. The molecule has 0 spiro atoms. The molecule has 4 aromatic rings. The van der Waals surface area contributed by atoms with E-state index in [0.29, 0.717) is 29.8 Å². The highest BCUT2D eigenvalue weighted by Gasteiger charge is 2.38. The van der Waals surface area contributed by atoms with E-state index in [4.69, 9.17) is 12.3 Å². The third-order valence-electron chi connectivity index (χ3n) is 6.96. The van der Waals surface area contributed by atoms with E-state index in [0.717, 1.165) is 11.1 Å². The highest BCUT2D eigenvalue weighted by Crippen LogP contribution is 2.34. The molecule has 1 fully saturated rings. The summed E-state index contributed by atoms with van der Waals surface area (Å²) >= 11 is 0. The van der Waals surface area contributed by atoms with Gasteiger partial charge in [-0.05, 0) is 47.5 Å². The number of benzene rings is 2. The number of carbonyl (C=O) groups is 1. The molecule has 5 rings (SSSR count). The van der Waals surface area contributed by atoms with Gasteiger partial charge >= 0.3 is 0 Å².